The Morgan fingerprint density at radius 2 is 1.98 bits per heavy atom. The van der Waals surface area contributed by atoms with Crippen LogP contribution in [0.5, 0.6) is 5.88 Å². The first-order valence-electron chi connectivity index (χ1n) is 12.9. The van der Waals surface area contributed by atoms with Gasteiger partial charge in [-0.25, -0.2) is 23.5 Å². The number of ether oxygens (including phenoxy) is 3. The second kappa shape index (κ2) is 11.7. The van der Waals surface area contributed by atoms with Crippen LogP contribution in [0.15, 0.2) is 64.5 Å². The van der Waals surface area contributed by atoms with Crippen LogP contribution in [0.4, 0.5) is 8.78 Å². The molecule has 0 radical (unpaired) electrons. The van der Waals surface area contributed by atoms with E-state index in [4.69, 9.17) is 19.2 Å². The Morgan fingerprint density at radius 3 is 2.71 bits per heavy atom. The molecule has 1 fully saturated rings. The van der Waals surface area contributed by atoms with E-state index in [9.17, 15) is 4.79 Å². The van der Waals surface area contributed by atoms with E-state index in [1.54, 1.807) is 47.7 Å². The Morgan fingerprint density at radius 1 is 1.12 bits per heavy atom. The van der Waals surface area contributed by atoms with Gasteiger partial charge in [-0.3, -0.25) is 0 Å². The largest absolute Gasteiger partial charge is 0.472 e. The number of rotatable bonds is 9. The first kappa shape index (κ1) is 27.5. The lowest BCUT2D eigenvalue weighted by atomic mass is 10.0. The molecule has 1 saturated heterocycles. The number of esters is 1. The van der Waals surface area contributed by atoms with Gasteiger partial charge in [-0.1, -0.05) is 6.07 Å². The molecule has 1 aliphatic heterocycles. The van der Waals surface area contributed by atoms with E-state index in [-0.39, 0.29) is 29.3 Å². The molecular formula is C30H24BrF2N3O4S. The van der Waals surface area contributed by atoms with Crippen molar-refractivity contribution in [3.63, 3.8) is 0 Å². The van der Waals surface area contributed by atoms with Crippen LogP contribution in [0.2, 0.25) is 0 Å². The van der Waals surface area contributed by atoms with Crippen molar-refractivity contribution in [2.75, 3.05) is 13.7 Å². The van der Waals surface area contributed by atoms with E-state index >= 15 is 8.78 Å². The molecule has 7 nitrogen and oxygen atoms in total. The van der Waals surface area contributed by atoms with Crippen LogP contribution in [-0.2, 0) is 29.0 Å². The minimum absolute atomic E-state index is 0.0150. The molecule has 1 unspecified atom stereocenters. The molecule has 0 bridgehead atoms. The van der Waals surface area contributed by atoms with Crippen LogP contribution >= 0.6 is 27.3 Å². The predicted molar refractivity (Wildman–Crippen MR) is 154 cm³/mol. The van der Waals surface area contributed by atoms with Gasteiger partial charge in [-0.15, -0.1) is 11.3 Å². The fourth-order valence-electron chi connectivity index (χ4n) is 4.70. The summed E-state index contributed by atoms with van der Waals surface area (Å²) in [5.41, 5.74) is 2.18. The van der Waals surface area contributed by atoms with Gasteiger partial charge < -0.3 is 18.8 Å². The highest BCUT2D eigenvalue weighted by molar-refractivity contribution is 9.11. The number of aromatic nitrogens is 3. The van der Waals surface area contributed by atoms with Gasteiger partial charge in [-0.2, -0.15) is 0 Å². The van der Waals surface area contributed by atoms with Crippen molar-refractivity contribution in [2.45, 2.75) is 32.1 Å². The zero-order valence-corrected chi connectivity index (χ0v) is 24.3. The number of imidazole rings is 1. The lowest BCUT2D eigenvalue weighted by Gasteiger charge is -2.27. The Balaban J connectivity index is 1.28. The van der Waals surface area contributed by atoms with E-state index in [0.29, 0.717) is 48.1 Å². The maximum Gasteiger partial charge on any atom is 0.337 e. The Hall–Kier alpha value is -3.67. The van der Waals surface area contributed by atoms with E-state index in [1.807, 2.05) is 16.7 Å². The summed E-state index contributed by atoms with van der Waals surface area (Å²) in [6, 6.07) is 16.3. The van der Waals surface area contributed by atoms with E-state index in [1.165, 1.54) is 13.2 Å². The van der Waals surface area contributed by atoms with Gasteiger partial charge in [0.25, 0.3) is 0 Å². The summed E-state index contributed by atoms with van der Waals surface area (Å²) >= 11 is 4.97. The van der Waals surface area contributed by atoms with Crippen molar-refractivity contribution in [2.24, 2.45) is 0 Å². The smallest absolute Gasteiger partial charge is 0.337 e. The standard InChI is InChI=1S/C30H24BrF2N3O4S/c1-38-30(37)17-5-7-25-26(12-17)36(15-19-9-10-39-19)28(34-25)13-18-11-23(33)21(14-22(18)32)24-3-2-4-29(35-24)40-16-20-6-8-27(31)41-20/h2-8,11-12,14,19H,9-10,13,15-16H2,1H3. The van der Waals surface area contributed by atoms with Crippen LogP contribution in [0.25, 0.3) is 22.3 Å². The lowest BCUT2D eigenvalue weighted by molar-refractivity contribution is -0.0589. The molecule has 3 aromatic heterocycles. The molecule has 6 rings (SSSR count). The van der Waals surface area contributed by atoms with Crippen LogP contribution in [0.3, 0.4) is 0 Å². The molecule has 2 aromatic carbocycles. The van der Waals surface area contributed by atoms with Gasteiger partial charge in [0, 0.05) is 29.5 Å². The average molecular weight is 641 g/mol. The Kier molecular flexibility index (Phi) is 7.83. The van der Waals surface area contributed by atoms with E-state index in [0.717, 1.165) is 21.2 Å². The minimum Gasteiger partial charge on any atom is -0.472 e. The molecule has 4 heterocycles. The lowest BCUT2D eigenvalue weighted by Crippen LogP contribution is -2.31. The van der Waals surface area contributed by atoms with Gasteiger partial charge in [0.15, 0.2) is 0 Å². The number of carbonyl (C=O) groups is 1. The molecule has 41 heavy (non-hydrogen) atoms. The number of hydrogen-bond donors (Lipinski definition) is 0. The molecule has 0 N–H and O–H groups in total. The maximum atomic E-state index is 15.5. The number of benzene rings is 2. The summed E-state index contributed by atoms with van der Waals surface area (Å²) in [5, 5.41) is 0. The van der Waals surface area contributed by atoms with E-state index < -0.39 is 17.6 Å². The number of pyridine rings is 1. The van der Waals surface area contributed by atoms with Gasteiger partial charge in [0.2, 0.25) is 5.88 Å². The second-order valence-corrected chi connectivity index (χ2v) is 12.1. The molecule has 210 valence electrons. The number of halogens is 3. The van der Waals surface area contributed by atoms with Crippen molar-refractivity contribution in [1.29, 1.82) is 0 Å². The number of hydrogen-bond acceptors (Lipinski definition) is 7. The fourth-order valence-corrected chi connectivity index (χ4v) is 6.09. The molecule has 0 spiro atoms. The minimum atomic E-state index is -0.605. The van der Waals surface area contributed by atoms with Crippen molar-refractivity contribution in [3.8, 4) is 17.1 Å². The van der Waals surface area contributed by atoms with Crippen LogP contribution < -0.4 is 4.74 Å². The summed E-state index contributed by atoms with van der Waals surface area (Å²) in [4.78, 5) is 22.2. The van der Waals surface area contributed by atoms with Gasteiger partial charge in [-0.05, 0) is 76.4 Å². The van der Waals surface area contributed by atoms with Gasteiger partial charge in [0.05, 0.1) is 45.8 Å². The zero-order valence-electron chi connectivity index (χ0n) is 21.9. The monoisotopic (exact) mass is 639 g/mol. The molecule has 1 aliphatic rings. The molecule has 0 aliphatic carbocycles. The first-order chi connectivity index (χ1) is 19.9. The highest BCUT2D eigenvalue weighted by Crippen LogP contribution is 2.29. The topological polar surface area (TPSA) is 75.5 Å². The summed E-state index contributed by atoms with van der Waals surface area (Å²) in [5.74, 6) is -0.795. The van der Waals surface area contributed by atoms with Crippen LogP contribution in [0, 0.1) is 11.6 Å². The number of thiophene rings is 1. The summed E-state index contributed by atoms with van der Waals surface area (Å²) in [6.07, 6.45) is 0.915. The highest BCUT2D eigenvalue weighted by Gasteiger charge is 2.24. The number of methoxy groups -OCH3 is 1. The SMILES string of the molecule is COC(=O)c1ccc2nc(Cc3cc(F)c(-c4cccc(OCc5ccc(Br)s5)n4)cc3F)n(CC3CCO3)c2c1. The molecule has 1 atom stereocenters. The summed E-state index contributed by atoms with van der Waals surface area (Å²) in [7, 11) is 1.32. The molecule has 0 saturated carbocycles. The third-order valence-electron chi connectivity index (χ3n) is 6.90. The number of nitrogens with zero attached hydrogens (tertiary/aromatic N) is 3. The molecule has 11 heteroatoms. The normalized spacial score (nSPS) is 14.7. The highest BCUT2D eigenvalue weighted by atomic mass is 79.9. The fraction of sp³-hybridized carbons (Fsp3) is 0.233. The Bertz CT molecular complexity index is 1750. The third kappa shape index (κ3) is 5.88. The van der Waals surface area contributed by atoms with Gasteiger partial charge in [0.1, 0.15) is 24.1 Å². The molecule has 0 amide bonds. The van der Waals surface area contributed by atoms with Crippen LogP contribution in [-0.4, -0.2) is 40.3 Å². The third-order valence-corrected chi connectivity index (χ3v) is 8.50. The van der Waals surface area contributed by atoms with Crippen LogP contribution in [0.1, 0.15) is 33.0 Å². The average Bonchev–Trinajstić information content (AvgIpc) is 3.52. The van der Waals surface area contributed by atoms with Crippen molar-refractivity contribution >= 4 is 44.3 Å². The number of fused-ring (bicyclic) bond motifs is 1. The molecular weight excluding hydrogens is 616 g/mol. The van der Waals surface area contributed by atoms with E-state index in [2.05, 4.69) is 20.9 Å². The van der Waals surface area contributed by atoms with Crippen molar-refractivity contribution in [1.82, 2.24) is 14.5 Å². The first-order valence-corrected chi connectivity index (χ1v) is 14.5. The maximum absolute atomic E-state index is 15.5. The summed E-state index contributed by atoms with van der Waals surface area (Å²) < 4.78 is 50.0. The summed E-state index contributed by atoms with van der Waals surface area (Å²) in [6.45, 7) is 1.47. The van der Waals surface area contributed by atoms with Crippen molar-refractivity contribution in [3.05, 3.63) is 97.9 Å². The quantitative estimate of drug-likeness (QED) is 0.163. The Labute approximate surface area is 246 Å². The predicted octanol–water partition coefficient (Wildman–Crippen LogP) is 6.95. The second-order valence-electron chi connectivity index (χ2n) is 9.57. The zero-order chi connectivity index (χ0) is 28.5. The van der Waals surface area contributed by atoms with Crippen molar-refractivity contribution < 1.29 is 27.8 Å². The number of carbonyl (C=O) groups excluding carboxylic acids is 1. The molecule has 5 aromatic rings. The van der Waals surface area contributed by atoms with Gasteiger partial charge >= 0.3 is 5.97 Å².